The minimum Gasteiger partial charge on any atom is -0.326 e. The van der Waals surface area contributed by atoms with Crippen LogP contribution in [0.2, 0.25) is 0 Å². The van der Waals surface area contributed by atoms with Crippen molar-refractivity contribution in [2.45, 2.75) is 51.9 Å². The SMILES string of the molecule is CC(C)c1ccccc1NC(=O)C1CCCCC1. The molecule has 0 spiro atoms. The Morgan fingerprint density at radius 3 is 2.50 bits per heavy atom. The summed E-state index contributed by atoms with van der Waals surface area (Å²) in [7, 11) is 0. The quantitative estimate of drug-likeness (QED) is 0.843. The van der Waals surface area contributed by atoms with Crippen molar-refractivity contribution < 1.29 is 4.79 Å². The van der Waals surface area contributed by atoms with E-state index in [4.69, 9.17) is 0 Å². The molecule has 18 heavy (non-hydrogen) atoms. The smallest absolute Gasteiger partial charge is 0.227 e. The molecule has 0 unspecified atom stereocenters. The topological polar surface area (TPSA) is 29.1 Å². The average molecular weight is 245 g/mol. The van der Waals surface area contributed by atoms with Crippen molar-refractivity contribution in [2.75, 3.05) is 5.32 Å². The number of carbonyl (C=O) groups excluding carboxylic acids is 1. The molecule has 0 aromatic heterocycles. The summed E-state index contributed by atoms with van der Waals surface area (Å²) in [4.78, 5) is 12.2. The molecule has 0 saturated heterocycles. The van der Waals surface area contributed by atoms with E-state index in [9.17, 15) is 4.79 Å². The van der Waals surface area contributed by atoms with Gasteiger partial charge in [0.25, 0.3) is 0 Å². The van der Waals surface area contributed by atoms with Gasteiger partial charge in [0.05, 0.1) is 0 Å². The lowest BCUT2D eigenvalue weighted by Gasteiger charge is -2.22. The molecule has 1 aliphatic carbocycles. The molecule has 2 nitrogen and oxygen atoms in total. The maximum Gasteiger partial charge on any atom is 0.227 e. The van der Waals surface area contributed by atoms with E-state index >= 15 is 0 Å². The van der Waals surface area contributed by atoms with Crippen molar-refractivity contribution in [3.63, 3.8) is 0 Å². The molecule has 1 N–H and O–H groups in total. The number of hydrogen-bond acceptors (Lipinski definition) is 1. The fourth-order valence-corrected chi connectivity index (χ4v) is 2.71. The number of anilines is 1. The minimum absolute atomic E-state index is 0.211. The molecule has 1 aliphatic rings. The van der Waals surface area contributed by atoms with E-state index in [2.05, 4.69) is 25.2 Å². The zero-order valence-electron chi connectivity index (χ0n) is 11.4. The van der Waals surface area contributed by atoms with Crippen molar-refractivity contribution in [3.05, 3.63) is 29.8 Å². The summed E-state index contributed by atoms with van der Waals surface area (Å²) in [5.41, 5.74) is 2.21. The van der Waals surface area contributed by atoms with Gasteiger partial charge in [-0.05, 0) is 30.4 Å². The first kappa shape index (κ1) is 13.1. The fourth-order valence-electron chi connectivity index (χ4n) is 2.71. The Bertz CT molecular complexity index is 405. The lowest BCUT2D eigenvalue weighted by molar-refractivity contribution is -0.120. The zero-order chi connectivity index (χ0) is 13.0. The summed E-state index contributed by atoms with van der Waals surface area (Å²) < 4.78 is 0. The van der Waals surface area contributed by atoms with Crippen molar-refractivity contribution in [2.24, 2.45) is 5.92 Å². The largest absolute Gasteiger partial charge is 0.326 e. The number of rotatable bonds is 3. The summed E-state index contributed by atoms with van der Waals surface area (Å²) in [6.45, 7) is 4.32. The van der Waals surface area contributed by atoms with Crippen molar-refractivity contribution in [1.29, 1.82) is 0 Å². The van der Waals surface area contributed by atoms with Crippen LogP contribution in [0, 0.1) is 5.92 Å². The monoisotopic (exact) mass is 245 g/mol. The maximum absolute atomic E-state index is 12.2. The Balaban J connectivity index is 2.06. The first-order chi connectivity index (χ1) is 8.68. The first-order valence-corrected chi connectivity index (χ1v) is 7.08. The molecule has 2 heteroatoms. The molecular formula is C16H23NO. The van der Waals surface area contributed by atoms with Crippen LogP contribution in [-0.2, 0) is 4.79 Å². The second-order valence-corrected chi connectivity index (χ2v) is 5.57. The molecule has 0 heterocycles. The molecule has 1 amide bonds. The number of nitrogens with one attached hydrogen (secondary N) is 1. The minimum atomic E-state index is 0.211. The summed E-state index contributed by atoms with van der Waals surface area (Å²) in [5, 5.41) is 3.12. The van der Waals surface area contributed by atoms with Crippen LogP contribution in [0.5, 0.6) is 0 Å². The van der Waals surface area contributed by atoms with E-state index in [-0.39, 0.29) is 11.8 Å². The number of amides is 1. The van der Waals surface area contributed by atoms with Crippen LogP contribution in [-0.4, -0.2) is 5.91 Å². The Morgan fingerprint density at radius 2 is 1.83 bits per heavy atom. The van der Waals surface area contributed by atoms with Crippen molar-refractivity contribution >= 4 is 11.6 Å². The van der Waals surface area contributed by atoms with Gasteiger partial charge >= 0.3 is 0 Å². The second kappa shape index (κ2) is 6.03. The molecular weight excluding hydrogens is 222 g/mol. The van der Waals surface area contributed by atoms with E-state index in [1.54, 1.807) is 0 Å². The molecule has 98 valence electrons. The predicted molar refractivity (Wildman–Crippen MR) is 75.7 cm³/mol. The van der Waals surface area contributed by atoms with E-state index in [0.29, 0.717) is 5.92 Å². The molecule has 1 saturated carbocycles. The van der Waals surface area contributed by atoms with Gasteiger partial charge in [-0.25, -0.2) is 0 Å². The summed E-state index contributed by atoms with van der Waals surface area (Å²) in [5.74, 6) is 0.870. The van der Waals surface area contributed by atoms with Crippen LogP contribution >= 0.6 is 0 Å². The van der Waals surface area contributed by atoms with Gasteiger partial charge in [-0.1, -0.05) is 51.3 Å². The van der Waals surface area contributed by atoms with Gasteiger partial charge in [0.2, 0.25) is 5.91 Å². The highest BCUT2D eigenvalue weighted by molar-refractivity contribution is 5.93. The van der Waals surface area contributed by atoms with Gasteiger partial charge in [0.15, 0.2) is 0 Å². The Kier molecular flexibility index (Phi) is 4.40. The third kappa shape index (κ3) is 3.12. The normalized spacial score (nSPS) is 16.8. The Hall–Kier alpha value is -1.31. The van der Waals surface area contributed by atoms with Crippen LogP contribution in [0.4, 0.5) is 5.69 Å². The van der Waals surface area contributed by atoms with Gasteiger partial charge in [-0.15, -0.1) is 0 Å². The molecule has 1 fully saturated rings. The highest BCUT2D eigenvalue weighted by atomic mass is 16.1. The van der Waals surface area contributed by atoms with Gasteiger partial charge < -0.3 is 5.32 Å². The molecule has 0 atom stereocenters. The standard InChI is InChI=1S/C16H23NO/c1-12(2)14-10-6-7-11-15(14)17-16(18)13-8-4-3-5-9-13/h6-7,10-13H,3-5,8-9H2,1-2H3,(H,17,18). The number of para-hydroxylation sites is 1. The number of hydrogen-bond donors (Lipinski definition) is 1. The summed E-state index contributed by atoms with van der Waals surface area (Å²) in [6.07, 6.45) is 5.78. The van der Waals surface area contributed by atoms with Crippen molar-refractivity contribution in [3.8, 4) is 0 Å². The molecule has 1 aromatic carbocycles. The molecule has 2 rings (SSSR count). The maximum atomic E-state index is 12.2. The van der Waals surface area contributed by atoms with Crippen LogP contribution in [0.15, 0.2) is 24.3 Å². The van der Waals surface area contributed by atoms with Gasteiger partial charge in [-0.3, -0.25) is 4.79 Å². The van der Waals surface area contributed by atoms with Crippen LogP contribution in [0.1, 0.15) is 57.4 Å². The van der Waals surface area contributed by atoms with Gasteiger partial charge in [0.1, 0.15) is 0 Å². The average Bonchev–Trinajstić information content (AvgIpc) is 2.40. The first-order valence-electron chi connectivity index (χ1n) is 7.08. The van der Waals surface area contributed by atoms with E-state index in [1.807, 2.05) is 18.2 Å². The summed E-state index contributed by atoms with van der Waals surface area (Å²) in [6, 6.07) is 8.13. The van der Waals surface area contributed by atoms with Gasteiger partial charge in [-0.2, -0.15) is 0 Å². The molecule has 1 aromatic rings. The fraction of sp³-hybridized carbons (Fsp3) is 0.562. The molecule has 0 bridgehead atoms. The third-order valence-corrected chi connectivity index (χ3v) is 3.82. The summed E-state index contributed by atoms with van der Waals surface area (Å²) >= 11 is 0. The number of carbonyl (C=O) groups is 1. The lowest BCUT2D eigenvalue weighted by Crippen LogP contribution is -2.25. The van der Waals surface area contributed by atoms with E-state index in [1.165, 1.54) is 24.8 Å². The second-order valence-electron chi connectivity index (χ2n) is 5.57. The Labute approximate surface area is 110 Å². The van der Waals surface area contributed by atoms with E-state index in [0.717, 1.165) is 18.5 Å². The highest BCUT2D eigenvalue weighted by Gasteiger charge is 2.21. The van der Waals surface area contributed by atoms with Crippen LogP contribution < -0.4 is 5.32 Å². The Morgan fingerprint density at radius 1 is 1.17 bits per heavy atom. The van der Waals surface area contributed by atoms with Crippen LogP contribution in [0.3, 0.4) is 0 Å². The predicted octanol–water partition coefficient (Wildman–Crippen LogP) is 4.33. The number of benzene rings is 1. The molecule has 0 radical (unpaired) electrons. The zero-order valence-corrected chi connectivity index (χ0v) is 11.4. The lowest BCUT2D eigenvalue weighted by atomic mass is 9.88. The van der Waals surface area contributed by atoms with Gasteiger partial charge in [0, 0.05) is 11.6 Å². The third-order valence-electron chi connectivity index (χ3n) is 3.82. The van der Waals surface area contributed by atoms with Crippen molar-refractivity contribution in [1.82, 2.24) is 0 Å². The van der Waals surface area contributed by atoms with E-state index < -0.39 is 0 Å². The molecule has 0 aliphatic heterocycles. The highest BCUT2D eigenvalue weighted by Crippen LogP contribution is 2.27. The van der Waals surface area contributed by atoms with Crippen LogP contribution in [0.25, 0.3) is 0 Å².